The summed E-state index contributed by atoms with van der Waals surface area (Å²) >= 11 is 0. The predicted molar refractivity (Wildman–Crippen MR) is 60.4 cm³/mol. The smallest absolute Gasteiger partial charge is 0.211 e. The van der Waals surface area contributed by atoms with Gasteiger partial charge in [0, 0.05) is 11.5 Å². The van der Waals surface area contributed by atoms with Gasteiger partial charge in [0.15, 0.2) is 0 Å². The maximum absolute atomic E-state index is 12.2. The molecule has 82 valence electrons. The van der Waals surface area contributed by atoms with Gasteiger partial charge in [-0.3, -0.25) is 4.79 Å². The Morgan fingerprint density at radius 1 is 1.25 bits per heavy atom. The second-order valence-electron chi connectivity index (χ2n) is 4.35. The van der Waals surface area contributed by atoms with Crippen molar-refractivity contribution in [3.05, 3.63) is 35.9 Å². The molecule has 1 aromatic carbocycles. The first kappa shape index (κ1) is 9.58. The van der Waals surface area contributed by atoms with Crippen LogP contribution in [0.5, 0.6) is 0 Å². The minimum absolute atomic E-state index is 0.0231. The summed E-state index contributed by atoms with van der Waals surface area (Å²) in [6.07, 6.45) is 3.35. The molecule has 3 rings (SSSR count). The summed E-state index contributed by atoms with van der Waals surface area (Å²) in [6, 6.07) is 9.30. The lowest BCUT2D eigenvalue weighted by Gasteiger charge is -2.07. The van der Waals surface area contributed by atoms with Crippen molar-refractivity contribution in [1.29, 1.82) is 0 Å². The van der Waals surface area contributed by atoms with E-state index in [2.05, 4.69) is 5.16 Å². The highest BCUT2D eigenvalue weighted by atomic mass is 16.6. The SMILES string of the molecule is O=C(C1=NOC2CCCC12)c1ccccc1. The number of carbonyl (C=O) groups is 1. The summed E-state index contributed by atoms with van der Waals surface area (Å²) in [4.78, 5) is 17.5. The molecule has 0 saturated heterocycles. The molecule has 1 heterocycles. The van der Waals surface area contributed by atoms with Gasteiger partial charge in [-0.2, -0.15) is 0 Å². The molecule has 0 amide bonds. The average Bonchev–Trinajstić information content (AvgIpc) is 2.91. The van der Waals surface area contributed by atoms with Gasteiger partial charge in [-0.15, -0.1) is 0 Å². The first-order valence-electron chi connectivity index (χ1n) is 5.70. The predicted octanol–water partition coefficient (Wildman–Crippen LogP) is 2.42. The summed E-state index contributed by atoms with van der Waals surface area (Å²) in [5, 5.41) is 3.96. The number of nitrogens with zero attached hydrogens (tertiary/aromatic N) is 1. The molecule has 0 spiro atoms. The quantitative estimate of drug-likeness (QED) is 0.711. The van der Waals surface area contributed by atoms with E-state index < -0.39 is 0 Å². The fourth-order valence-electron chi connectivity index (χ4n) is 2.50. The van der Waals surface area contributed by atoms with Crippen molar-refractivity contribution in [2.45, 2.75) is 25.4 Å². The Kier molecular flexibility index (Phi) is 2.24. The maximum Gasteiger partial charge on any atom is 0.211 e. The van der Waals surface area contributed by atoms with E-state index in [-0.39, 0.29) is 17.8 Å². The van der Waals surface area contributed by atoms with Crippen molar-refractivity contribution >= 4 is 11.5 Å². The van der Waals surface area contributed by atoms with Gasteiger partial charge < -0.3 is 4.84 Å². The van der Waals surface area contributed by atoms with Crippen LogP contribution < -0.4 is 0 Å². The summed E-state index contributed by atoms with van der Waals surface area (Å²) < 4.78 is 0. The van der Waals surface area contributed by atoms with Crippen molar-refractivity contribution in [2.75, 3.05) is 0 Å². The third-order valence-corrected chi connectivity index (χ3v) is 3.36. The molecular formula is C13H13NO2. The van der Waals surface area contributed by atoms with Gasteiger partial charge in [-0.1, -0.05) is 35.5 Å². The number of hydrogen-bond donors (Lipinski definition) is 0. The van der Waals surface area contributed by atoms with E-state index in [0.29, 0.717) is 11.3 Å². The van der Waals surface area contributed by atoms with Crippen LogP contribution in [0.2, 0.25) is 0 Å². The molecule has 1 aliphatic carbocycles. The average molecular weight is 215 g/mol. The van der Waals surface area contributed by atoms with Crippen molar-refractivity contribution in [1.82, 2.24) is 0 Å². The van der Waals surface area contributed by atoms with E-state index in [9.17, 15) is 4.79 Å². The Morgan fingerprint density at radius 2 is 2.06 bits per heavy atom. The third kappa shape index (κ3) is 1.43. The highest BCUT2D eigenvalue weighted by Gasteiger charge is 2.41. The minimum Gasteiger partial charge on any atom is -0.391 e. The fraction of sp³-hybridized carbons (Fsp3) is 0.385. The molecular weight excluding hydrogens is 202 g/mol. The van der Waals surface area contributed by atoms with Gasteiger partial charge in [-0.05, 0) is 19.3 Å². The lowest BCUT2D eigenvalue weighted by atomic mass is 9.94. The fourth-order valence-corrected chi connectivity index (χ4v) is 2.50. The van der Waals surface area contributed by atoms with E-state index in [1.165, 1.54) is 0 Å². The highest BCUT2D eigenvalue weighted by molar-refractivity contribution is 6.46. The number of carbonyl (C=O) groups excluding carboxylic acids is 1. The zero-order valence-corrected chi connectivity index (χ0v) is 8.93. The normalized spacial score (nSPS) is 27.1. The number of hydrogen-bond acceptors (Lipinski definition) is 3. The van der Waals surface area contributed by atoms with Crippen molar-refractivity contribution in [3.8, 4) is 0 Å². The molecule has 0 aromatic heterocycles. The van der Waals surface area contributed by atoms with Gasteiger partial charge in [-0.25, -0.2) is 0 Å². The molecule has 16 heavy (non-hydrogen) atoms. The van der Waals surface area contributed by atoms with E-state index >= 15 is 0 Å². The Labute approximate surface area is 94.1 Å². The van der Waals surface area contributed by atoms with Crippen LogP contribution in [0.3, 0.4) is 0 Å². The number of fused-ring (bicyclic) bond motifs is 1. The van der Waals surface area contributed by atoms with Crippen molar-refractivity contribution < 1.29 is 9.63 Å². The monoisotopic (exact) mass is 215 g/mol. The molecule has 3 heteroatoms. The topological polar surface area (TPSA) is 38.7 Å². The lowest BCUT2D eigenvalue weighted by molar-refractivity contribution is 0.0746. The Balaban J connectivity index is 1.86. The summed E-state index contributed by atoms with van der Waals surface area (Å²) in [7, 11) is 0. The van der Waals surface area contributed by atoms with Crippen molar-refractivity contribution in [3.63, 3.8) is 0 Å². The molecule has 2 atom stereocenters. The number of oxime groups is 1. The zero-order valence-electron chi connectivity index (χ0n) is 8.93. The van der Waals surface area contributed by atoms with Gasteiger partial charge >= 0.3 is 0 Å². The molecule has 1 aliphatic heterocycles. The molecule has 3 nitrogen and oxygen atoms in total. The summed E-state index contributed by atoms with van der Waals surface area (Å²) in [6.45, 7) is 0. The number of rotatable bonds is 2. The van der Waals surface area contributed by atoms with Crippen LogP contribution in [0.25, 0.3) is 0 Å². The Morgan fingerprint density at radius 3 is 2.88 bits per heavy atom. The third-order valence-electron chi connectivity index (χ3n) is 3.36. The van der Waals surface area contributed by atoms with Crippen LogP contribution in [0.1, 0.15) is 29.6 Å². The molecule has 1 fully saturated rings. The molecule has 1 saturated carbocycles. The van der Waals surface area contributed by atoms with Gasteiger partial charge in [0.2, 0.25) is 5.78 Å². The van der Waals surface area contributed by atoms with Crippen molar-refractivity contribution in [2.24, 2.45) is 11.1 Å². The van der Waals surface area contributed by atoms with E-state index in [1.54, 1.807) is 0 Å². The number of ketones is 1. The van der Waals surface area contributed by atoms with Gasteiger partial charge in [0.1, 0.15) is 11.8 Å². The zero-order chi connectivity index (χ0) is 11.0. The van der Waals surface area contributed by atoms with Crippen LogP contribution in [0.15, 0.2) is 35.5 Å². The van der Waals surface area contributed by atoms with E-state index in [1.807, 2.05) is 30.3 Å². The molecule has 0 N–H and O–H groups in total. The van der Waals surface area contributed by atoms with Crippen LogP contribution in [-0.2, 0) is 4.84 Å². The van der Waals surface area contributed by atoms with Crippen LogP contribution in [0, 0.1) is 5.92 Å². The summed E-state index contributed by atoms with van der Waals surface area (Å²) in [5.41, 5.74) is 1.33. The second kappa shape index (κ2) is 3.74. The summed E-state index contributed by atoms with van der Waals surface area (Å²) in [5.74, 6) is 0.253. The standard InChI is InChI=1S/C13H13NO2/c15-13(9-5-2-1-3-6-9)12-10-7-4-8-11(10)16-14-12/h1-3,5-6,10-11H,4,7-8H2. The Bertz CT molecular complexity index is 439. The lowest BCUT2D eigenvalue weighted by Crippen LogP contribution is -2.24. The second-order valence-corrected chi connectivity index (χ2v) is 4.35. The van der Waals surface area contributed by atoms with Gasteiger partial charge in [0.05, 0.1) is 0 Å². The molecule has 2 unspecified atom stereocenters. The first-order valence-corrected chi connectivity index (χ1v) is 5.70. The maximum atomic E-state index is 12.2. The minimum atomic E-state index is 0.0231. The molecule has 1 aromatic rings. The largest absolute Gasteiger partial charge is 0.391 e. The van der Waals surface area contributed by atoms with E-state index in [0.717, 1.165) is 19.3 Å². The number of benzene rings is 1. The molecule has 0 radical (unpaired) electrons. The molecule has 0 bridgehead atoms. The van der Waals surface area contributed by atoms with Crippen LogP contribution >= 0.6 is 0 Å². The Hall–Kier alpha value is -1.64. The molecule has 2 aliphatic rings. The number of Topliss-reactive ketones (excluding diaryl/α,β-unsaturated/α-hetero) is 1. The van der Waals surface area contributed by atoms with Gasteiger partial charge in [0.25, 0.3) is 0 Å². The highest BCUT2D eigenvalue weighted by Crippen LogP contribution is 2.34. The van der Waals surface area contributed by atoms with Crippen LogP contribution in [0.4, 0.5) is 0 Å². The first-order chi connectivity index (χ1) is 7.86. The van der Waals surface area contributed by atoms with E-state index in [4.69, 9.17) is 4.84 Å². The van der Waals surface area contributed by atoms with Crippen LogP contribution in [-0.4, -0.2) is 17.6 Å².